The van der Waals surface area contributed by atoms with Gasteiger partial charge in [0.25, 0.3) is 0 Å². The van der Waals surface area contributed by atoms with E-state index in [1.54, 1.807) is 7.05 Å². The van der Waals surface area contributed by atoms with Gasteiger partial charge in [-0.1, -0.05) is 30.3 Å². The Bertz CT molecular complexity index is 698. The van der Waals surface area contributed by atoms with E-state index in [1.165, 1.54) is 10.5 Å². The van der Waals surface area contributed by atoms with E-state index < -0.39 is 0 Å². The molecule has 0 bridgehead atoms. The normalized spacial score (nSPS) is 22.8. The number of piperidine rings is 1. The molecule has 2 fully saturated rings. The number of nitrogens with one attached hydrogen (secondary N) is 3. The third-order valence-electron chi connectivity index (χ3n) is 5.37. The summed E-state index contributed by atoms with van der Waals surface area (Å²) in [7, 11) is 1.73. The molecule has 1 aromatic rings. The minimum absolute atomic E-state index is 0. The molecule has 3 amide bonds. The summed E-state index contributed by atoms with van der Waals surface area (Å²) in [6.45, 7) is 5.18. The Labute approximate surface area is 189 Å². The Kier molecular flexibility index (Phi) is 9.15. The van der Waals surface area contributed by atoms with Gasteiger partial charge in [-0.05, 0) is 25.3 Å². The molecule has 0 aliphatic carbocycles. The van der Waals surface area contributed by atoms with Crippen LogP contribution in [-0.2, 0) is 11.3 Å². The molecule has 2 unspecified atom stereocenters. The van der Waals surface area contributed by atoms with Crippen LogP contribution in [0.3, 0.4) is 0 Å². The highest BCUT2D eigenvalue weighted by atomic mass is 127. The van der Waals surface area contributed by atoms with Crippen molar-refractivity contribution in [3.63, 3.8) is 0 Å². The third-order valence-corrected chi connectivity index (χ3v) is 5.37. The standard InChI is InChI=1S/C20H30N6O2.HI/c1-15-12-17(8-10-25(15)14-16-6-4-3-5-7-16)24-19(21-2)22-9-11-26-18(27)13-23-20(26)28;/h3-7,15,17H,8-14H2,1-2H3,(H,23,28)(H2,21,22,24);1H. The van der Waals surface area contributed by atoms with Crippen LogP contribution in [0.2, 0.25) is 0 Å². The number of hydrogen-bond donors (Lipinski definition) is 3. The molecule has 3 N–H and O–H groups in total. The summed E-state index contributed by atoms with van der Waals surface area (Å²) < 4.78 is 0. The number of likely N-dealkylation sites (tertiary alicyclic amines) is 1. The fraction of sp³-hybridized carbons (Fsp3) is 0.550. The summed E-state index contributed by atoms with van der Waals surface area (Å²) in [6, 6.07) is 11.1. The van der Waals surface area contributed by atoms with Crippen LogP contribution >= 0.6 is 24.0 Å². The summed E-state index contributed by atoms with van der Waals surface area (Å²) in [4.78, 5) is 31.2. The maximum Gasteiger partial charge on any atom is 0.324 e. The van der Waals surface area contributed by atoms with Crippen molar-refractivity contribution in [2.24, 2.45) is 4.99 Å². The summed E-state index contributed by atoms with van der Waals surface area (Å²) in [6.07, 6.45) is 2.09. The maximum atomic E-state index is 11.6. The molecule has 0 aromatic heterocycles. The molecule has 2 aliphatic heterocycles. The lowest BCUT2D eigenvalue weighted by Gasteiger charge is -2.38. The molecule has 2 atom stereocenters. The molecule has 0 radical (unpaired) electrons. The van der Waals surface area contributed by atoms with Crippen molar-refractivity contribution in [1.29, 1.82) is 0 Å². The quantitative estimate of drug-likeness (QED) is 0.231. The van der Waals surface area contributed by atoms with Crippen molar-refractivity contribution in [1.82, 2.24) is 25.8 Å². The van der Waals surface area contributed by atoms with Crippen molar-refractivity contribution < 1.29 is 9.59 Å². The molecule has 1 aromatic carbocycles. The van der Waals surface area contributed by atoms with Crippen molar-refractivity contribution in [3.05, 3.63) is 35.9 Å². The van der Waals surface area contributed by atoms with Crippen LogP contribution in [0, 0.1) is 0 Å². The van der Waals surface area contributed by atoms with Gasteiger partial charge >= 0.3 is 6.03 Å². The van der Waals surface area contributed by atoms with Gasteiger partial charge in [0.1, 0.15) is 0 Å². The Hall–Kier alpha value is -1.88. The van der Waals surface area contributed by atoms with E-state index in [0.717, 1.165) is 25.9 Å². The number of nitrogens with zero attached hydrogens (tertiary/aromatic N) is 3. The lowest BCUT2D eigenvalue weighted by molar-refractivity contribution is -0.124. The third kappa shape index (κ3) is 6.56. The molecule has 0 spiro atoms. The SMILES string of the molecule is CN=C(NCCN1C(=O)CNC1=O)NC1CCN(Cc2ccccc2)C(C)C1.I. The number of carbonyl (C=O) groups excluding carboxylic acids is 2. The summed E-state index contributed by atoms with van der Waals surface area (Å²) >= 11 is 0. The van der Waals surface area contributed by atoms with Crippen LogP contribution in [0.15, 0.2) is 35.3 Å². The predicted molar refractivity (Wildman–Crippen MR) is 124 cm³/mol. The topological polar surface area (TPSA) is 89.1 Å². The fourth-order valence-corrected chi connectivity index (χ4v) is 3.76. The van der Waals surface area contributed by atoms with Gasteiger partial charge in [-0.15, -0.1) is 24.0 Å². The Morgan fingerprint density at radius 2 is 2.03 bits per heavy atom. The maximum absolute atomic E-state index is 11.6. The van der Waals surface area contributed by atoms with E-state index >= 15 is 0 Å². The first-order valence-corrected chi connectivity index (χ1v) is 9.90. The van der Waals surface area contributed by atoms with Gasteiger partial charge in [-0.3, -0.25) is 19.6 Å². The zero-order valence-electron chi connectivity index (χ0n) is 17.1. The molecule has 160 valence electrons. The van der Waals surface area contributed by atoms with Gasteiger partial charge in [0, 0.05) is 45.3 Å². The highest BCUT2D eigenvalue weighted by Gasteiger charge is 2.28. The lowest BCUT2D eigenvalue weighted by Crippen LogP contribution is -2.52. The van der Waals surface area contributed by atoms with E-state index in [4.69, 9.17) is 0 Å². The highest BCUT2D eigenvalue weighted by Crippen LogP contribution is 2.19. The Morgan fingerprint density at radius 3 is 2.66 bits per heavy atom. The summed E-state index contributed by atoms with van der Waals surface area (Å²) in [5, 5.41) is 9.20. The molecule has 29 heavy (non-hydrogen) atoms. The molecule has 2 heterocycles. The van der Waals surface area contributed by atoms with Crippen LogP contribution in [0.4, 0.5) is 4.79 Å². The van der Waals surface area contributed by atoms with E-state index in [0.29, 0.717) is 31.1 Å². The average Bonchev–Trinajstić information content (AvgIpc) is 3.02. The Balaban J connectivity index is 0.00000300. The van der Waals surface area contributed by atoms with Crippen molar-refractivity contribution in [2.75, 3.05) is 33.2 Å². The number of amides is 3. The van der Waals surface area contributed by atoms with Crippen molar-refractivity contribution in [3.8, 4) is 0 Å². The molecule has 0 saturated carbocycles. The number of imide groups is 1. The molecule has 2 saturated heterocycles. The predicted octanol–water partition coefficient (Wildman–Crippen LogP) is 1.37. The second-order valence-corrected chi connectivity index (χ2v) is 7.37. The van der Waals surface area contributed by atoms with Gasteiger partial charge in [0.15, 0.2) is 5.96 Å². The van der Waals surface area contributed by atoms with E-state index in [-0.39, 0.29) is 42.5 Å². The number of hydrogen-bond acceptors (Lipinski definition) is 4. The first-order valence-electron chi connectivity index (χ1n) is 9.90. The molecule has 3 rings (SSSR count). The van der Waals surface area contributed by atoms with Gasteiger partial charge in [-0.25, -0.2) is 4.79 Å². The number of halogens is 1. The minimum atomic E-state index is -0.325. The second kappa shape index (κ2) is 11.3. The molecular weight excluding hydrogens is 483 g/mol. The van der Waals surface area contributed by atoms with Crippen molar-refractivity contribution in [2.45, 2.75) is 38.4 Å². The van der Waals surface area contributed by atoms with Crippen molar-refractivity contribution >= 4 is 41.9 Å². The van der Waals surface area contributed by atoms with E-state index in [2.05, 4.69) is 57.0 Å². The zero-order valence-corrected chi connectivity index (χ0v) is 19.4. The van der Waals surface area contributed by atoms with E-state index in [9.17, 15) is 9.59 Å². The molecule has 2 aliphatic rings. The van der Waals surface area contributed by atoms with Crippen LogP contribution in [0.1, 0.15) is 25.3 Å². The van der Waals surface area contributed by atoms with Gasteiger partial charge in [-0.2, -0.15) is 0 Å². The average molecular weight is 514 g/mol. The summed E-state index contributed by atoms with van der Waals surface area (Å²) in [5.74, 6) is 0.523. The number of benzene rings is 1. The van der Waals surface area contributed by atoms with Crippen LogP contribution in [0.5, 0.6) is 0 Å². The first-order chi connectivity index (χ1) is 13.6. The lowest BCUT2D eigenvalue weighted by atomic mass is 9.97. The largest absolute Gasteiger partial charge is 0.355 e. The number of guanidine groups is 1. The van der Waals surface area contributed by atoms with Gasteiger partial charge in [0.2, 0.25) is 5.91 Å². The van der Waals surface area contributed by atoms with Gasteiger partial charge < -0.3 is 16.0 Å². The monoisotopic (exact) mass is 514 g/mol. The van der Waals surface area contributed by atoms with Crippen LogP contribution in [-0.4, -0.2) is 73.0 Å². The highest BCUT2D eigenvalue weighted by molar-refractivity contribution is 14.0. The number of urea groups is 1. The second-order valence-electron chi connectivity index (χ2n) is 7.37. The Morgan fingerprint density at radius 1 is 1.28 bits per heavy atom. The molecule has 8 nitrogen and oxygen atoms in total. The zero-order chi connectivity index (χ0) is 19.9. The summed E-state index contributed by atoms with van der Waals surface area (Å²) in [5.41, 5.74) is 1.35. The molecular formula is C20H31IN6O2. The molecule has 9 heteroatoms. The number of rotatable bonds is 6. The minimum Gasteiger partial charge on any atom is -0.355 e. The fourth-order valence-electron chi connectivity index (χ4n) is 3.76. The number of aliphatic imine (C=N–C) groups is 1. The first kappa shape index (κ1) is 23.4. The van der Waals surface area contributed by atoms with Gasteiger partial charge in [0.05, 0.1) is 6.54 Å². The smallest absolute Gasteiger partial charge is 0.324 e. The van der Waals surface area contributed by atoms with Crippen LogP contribution in [0.25, 0.3) is 0 Å². The number of carbonyl (C=O) groups is 2. The van der Waals surface area contributed by atoms with E-state index in [1.807, 2.05) is 6.07 Å². The van der Waals surface area contributed by atoms with Crippen LogP contribution < -0.4 is 16.0 Å².